The normalized spacial score (nSPS) is 17.2. The Bertz CT molecular complexity index is 1140. The van der Waals surface area contributed by atoms with Gasteiger partial charge in [-0.05, 0) is 49.9 Å². The molecule has 3 N–H and O–H groups in total. The van der Waals surface area contributed by atoms with E-state index in [1.807, 2.05) is 43.3 Å². The second-order valence-electron chi connectivity index (χ2n) is 8.63. The minimum atomic E-state index is -3.10. The molecule has 174 valence electrons. The second-order valence-corrected chi connectivity index (χ2v) is 10.7. The van der Waals surface area contributed by atoms with Crippen LogP contribution >= 0.6 is 0 Å². The van der Waals surface area contributed by atoms with Crippen LogP contribution in [0.25, 0.3) is 21.8 Å². The van der Waals surface area contributed by atoms with Crippen LogP contribution in [0, 0.1) is 5.92 Å². The fourth-order valence-electron chi connectivity index (χ4n) is 4.47. The summed E-state index contributed by atoms with van der Waals surface area (Å²) in [5, 5.41) is 15.9. The molecule has 0 radical (unpaired) electrons. The molecule has 7 nitrogen and oxygen atoms in total. The van der Waals surface area contributed by atoms with Gasteiger partial charge in [0.05, 0.1) is 11.3 Å². The predicted octanol–water partition coefficient (Wildman–Crippen LogP) is 3.10. The predicted molar refractivity (Wildman–Crippen MR) is 129 cm³/mol. The molecule has 0 bridgehead atoms. The van der Waals surface area contributed by atoms with Crippen LogP contribution in [-0.2, 0) is 10.0 Å². The number of sulfonamides is 1. The first kappa shape index (κ1) is 23.0. The van der Waals surface area contributed by atoms with E-state index in [9.17, 15) is 13.5 Å². The van der Waals surface area contributed by atoms with E-state index < -0.39 is 16.1 Å². The largest absolute Gasteiger partial charge is 0.490 e. The molecule has 2 heterocycles. The third kappa shape index (κ3) is 5.26. The molecule has 1 fully saturated rings. The van der Waals surface area contributed by atoms with Crippen LogP contribution in [0.2, 0.25) is 0 Å². The van der Waals surface area contributed by atoms with Gasteiger partial charge in [-0.2, -0.15) is 0 Å². The number of aromatic amines is 1. The van der Waals surface area contributed by atoms with E-state index >= 15 is 0 Å². The SMILES string of the molecule is CCCS(=O)(=O)N1CCC(CNC[C@H](O)COc2cccc3[nH]c4ccccc4c23)CC1. The third-order valence-electron chi connectivity index (χ3n) is 6.17. The molecular weight excluding hydrogens is 426 g/mol. The van der Waals surface area contributed by atoms with Gasteiger partial charge in [-0.25, -0.2) is 12.7 Å². The average Bonchev–Trinajstić information content (AvgIpc) is 3.17. The molecule has 0 spiro atoms. The number of aliphatic hydroxyl groups excluding tert-OH is 1. The number of aliphatic hydroxyl groups is 1. The number of rotatable bonds is 10. The van der Waals surface area contributed by atoms with E-state index in [0.717, 1.165) is 46.9 Å². The number of para-hydroxylation sites is 1. The maximum Gasteiger partial charge on any atom is 0.214 e. The molecule has 0 amide bonds. The highest BCUT2D eigenvalue weighted by atomic mass is 32.2. The number of benzene rings is 2. The van der Waals surface area contributed by atoms with Gasteiger partial charge >= 0.3 is 0 Å². The van der Waals surface area contributed by atoms with Crippen LogP contribution < -0.4 is 10.1 Å². The minimum absolute atomic E-state index is 0.208. The van der Waals surface area contributed by atoms with Crippen molar-refractivity contribution in [2.24, 2.45) is 5.92 Å². The van der Waals surface area contributed by atoms with Crippen molar-refractivity contribution in [3.05, 3.63) is 42.5 Å². The van der Waals surface area contributed by atoms with Crippen LogP contribution in [-0.4, -0.2) is 67.5 Å². The Hall–Kier alpha value is -2.13. The van der Waals surface area contributed by atoms with Crippen LogP contribution in [0.4, 0.5) is 0 Å². The van der Waals surface area contributed by atoms with Crippen molar-refractivity contribution in [3.63, 3.8) is 0 Å². The zero-order valence-electron chi connectivity index (χ0n) is 18.6. The Balaban J connectivity index is 1.23. The van der Waals surface area contributed by atoms with E-state index in [-0.39, 0.29) is 12.4 Å². The van der Waals surface area contributed by atoms with Crippen molar-refractivity contribution >= 4 is 31.8 Å². The molecule has 4 rings (SSSR count). The summed E-state index contributed by atoms with van der Waals surface area (Å²) < 4.78 is 32.0. The van der Waals surface area contributed by atoms with Crippen molar-refractivity contribution in [2.75, 3.05) is 38.5 Å². The number of piperidine rings is 1. The van der Waals surface area contributed by atoms with Crippen molar-refractivity contribution < 1.29 is 18.3 Å². The number of H-pyrrole nitrogens is 1. The molecule has 2 aromatic carbocycles. The summed E-state index contributed by atoms with van der Waals surface area (Å²) in [4.78, 5) is 3.40. The van der Waals surface area contributed by atoms with Crippen LogP contribution in [0.15, 0.2) is 42.5 Å². The van der Waals surface area contributed by atoms with E-state index in [1.54, 1.807) is 4.31 Å². The molecular formula is C24H33N3O4S. The van der Waals surface area contributed by atoms with E-state index in [0.29, 0.717) is 32.0 Å². The second kappa shape index (κ2) is 10.2. The van der Waals surface area contributed by atoms with E-state index in [1.165, 1.54) is 0 Å². The van der Waals surface area contributed by atoms with Gasteiger partial charge in [0.2, 0.25) is 10.0 Å². The Morgan fingerprint density at radius 2 is 1.91 bits per heavy atom. The first-order valence-corrected chi connectivity index (χ1v) is 13.1. The molecule has 1 aliphatic heterocycles. The lowest BCUT2D eigenvalue weighted by Gasteiger charge is -2.31. The van der Waals surface area contributed by atoms with Crippen LogP contribution in [0.3, 0.4) is 0 Å². The molecule has 0 saturated carbocycles. The number of nitrogens with one attached hydrogen (secondary N) is 2. The molecule has 1 aliphatic rings. The fourth-order valence-corrected chi connectivity index (χ4v) is 6.01. The molecule has 32 heavy (non-hydrogen) atoms. The highest BCUT2D eigenvalue weighted by Crippen LogP contribution is 2.33. The Morgan fingerprint density at radius 3 is 2.69 bits per heavy atom. The Morgan fingerprint density at radius 1 is 1.16 bits per heavy atom. The van der Waals surface area contributed by atoms with Gasteiger partial charge < -0.3 is 20.1 Å². The van der Waals surface area contributed by atoms with Gasteiger partial charge in [-0.3, -0.25) is 0 Å². The number of hydrogen-bond donors (Lipinski definition) is 3. The Labute approximate surface area is 189 Å². The van der Waals surface area contributed by atoms with E-state index in [4.69, 9.17) is 4.74 Å². The highest BCUT2D eigenvalue weighted by molar-refractivity contribution is 7.89. The summed E-state index contributed by atoms with van der Waals surface area (Å²) in [6.45, 7) is 4.50. The first-order chi connectivity index (χ1) is 15.5. The summed E-state index contributed by atoms with van der Waals surface area (Å²) in [7, 11) is -3.10. The topological polar surface area (TPSA) is 94.7 Å². The van der Waals surface area contributed by atoms with Crippen molar-refractivity contribution in [2.45, 2.75) is 32.3 Å². The Kier molecular flexibility index (Phi) is 7.35. The zero-order chi connectivity index (χ0) is 22.6. The smallest absolute Gasteiger partial charge is 0.214 e. The fraction of sp³-hybridized carbons (Fsp3) is 0.500. The number of nitrogens with zero attached hydrogens (tertiary/aromatic N) is 1. The maximum absolute atomic E-state index is 12.2. The first-order valence-electron chi connectivity index (χ1n) is 11.5. The number of fused-ring (bicyclic) bond motifs is 3. The molecule has 8 heteroatoms. The lowest BCUT2D eigenvalue weighted by atomic mass is 9.98. The monoisotopic (exact) mass is 459 g/mol. The summed E-state index contributed by atoms with van der Waals surface area (Å²) in [6, 6.07) is 14.0. The standard InChI is InChI=1S/C24H33N3O4S/c1-2-14-32(29,30)27-12-10-18(11-13-27)15-25-16-19(28)17-31-23-9-5-8-22-24(23)20-6-3-4-7-21(20)26-22/h3-9,18-19,25-26,28H,2,10-17H2,1H3/t19-/m0/s1. The minimum Gasteiger partial charge on any atom is -0.490 e. The maximum atomic E-state index is 12.2. The number of aromatic nitrogens is 1. The van der Waals surface area contributed by atoms with Gasteiger partial charge in [-0.1, -0.05) is 31.2 Å². The molecule has 0 unspecified atom stereocenters. The molecule has 1 aromatic heterocycles. The van der Waals surface area contributed by atoms with Gasteiger partial charge in [0, 0.05) is 35.9 Å². The molecule has 1 atom stereocenters. The summed E-state index contributed by atoms with van der Waals surface area (Å²) >= 11 is 0. The van der Waals surface area contributed by atoms with Crippen LogP contribution in [0.5, 0.6) is 5.75 Å². The molecule has 1 saturated heterocycles. The van der Waals surface area contributed by atoms with Gasteiger partial charge in [0.1, 0.15) is 18.5 Å². The van der Waals surface area contributed by atoms with E-state index in [2.05, 4.69) is 16.4 Å². The van der Waals surface area contributed by atoms with Gasteiger partial charge in [-0.15, -0.1) is 0 Å². The lowest BCUT2D eigenvalue weighted by molar-refractivity contribution is 0.105. The van der Waals surface area contributed by atoms with Crippen molar-refractivity contribution in [1.82, 2.24) is 14.6 Å². The quantitative estimate of drug-likeness (QED) is 0.433. The van der Waals surface area contributed by atoms with Gasteiger partial charge in [0.15, 0.2) is 0 Å². The molecule has 0 aliphatic carbocycles. The highest BCUT2D eigenvalue weighted by Gasteiger charge is 2.27. The van der Waals surface area contributed by atoms with Crippen molar-refractivity contribution in [1.29, 1.82) is 0 Å². The van der Waals surface area contributed by atoms with Crippen molar-refractivity contribution in [3.8, 4) is 5.75 Å². The summed E-state index contributed by atoms with van der Waals surface area (Å²) in [5.74, 6) is 1.42. The number of ether oxygens (including phenoxy) is 1. The zero-order valence-corrected chi connectivity index (χ0v) is 19.4. The van der Waals surface area contributed by atoms with Gasteiger partial charge in [0.25, 0.3) is 0 Å². The third-order valence-corrected chi connectivity index (χ3v) is 8.24. The average molecular weight is 460 g/mol. The lowest BCUT2D eigenvalue weighted by Crippen LogP contribution is -2.42. The molecule has 3 aromatic rings. The summed E-state index contributed by atoms with van der Waals surface area (Å²) in [6.07, 6.45) is 1.73. The summed E-state index contributed by atoms with van der Waals surface area (Å²) in [5.41, 5.74) is 2.08. The number of hydrogen-bond acceptors (Lipinski definition) is 5. The van der Waals surface area contributed by atoms with Crippen LogP contribution in [0.1, 0.15) is 26.2 Å².